The highest BCUT2D eigenvalue weighted by molar-refractivity contribution is 6.32. The molecule has 1 N–H and O–H groups in total. The van der Waals surface area contributed by atoms with Crippen molar-refractivity contribution in [3.05, 3.63) is 81.7 Å². The molecule has 0 spiro atoms. The summed E-state index contributed by atoms with van der Waals surface area (Å²) >= 11 is 12.3. The first-order chi connectivity index (χ1) is 12.0. The fraction of sp³-hybridized carbons (Fsp3) is 0.105. The Bertz CT molecular complexity index is 905. The van der Waals surface area contributed by atoms with Crippen LogP contribution in [0.5, 0.6) is 5.75 Å². The molecule has 6 heteroatoms. The molecule has 0 radical (unpaired) electrons. The van der Waals surface area contributed by atoms with Gasteiger partial charge in [0, 0.05) is 16.3 Å². The van der Waals surface area contributed by atoms with Gasteiger partial charge in [0.25, 0.3) is 5.91 Å². The number of benzene rings is 2. The minimum Gasteiger partial charge on any atom is -0.487 e. The first-order valence-electron chi connectivity index (χ1n) is 7.56. The lowest BCUT2D eigenvalue weighted by molar-refractivity contribution is 0.102. The Labute approximate surface area is 155 Å². The number of rotatable bonds is 5. The SMILES string of the molecule is Cc1occc1C(=O)Nc1ccc(Cl)c(COc2ccccc2Cl)c1. The zero-order chi connectivity index (χ0) is 17.8. The molecule has 2 aromatic carbocycles. The normalized spacial score (nSPS) is 10.5. The molecule has 3 aromatic rings. The molecule has 0 saturated heterocycles. The van der Waals surface area contributed by atoms with E-state index in [0.717, 1.165) is 5.56 Å². The Balaban J connectivity index is 1.73. The summed E-state index contributed by atoms with van der Waals surface area (Å²) in [4.78, 5) is 12.3. The van der Waals surface area contributed by atoms with Crippen molar-refractivity contribution in [2.75, 3.05) is 5.32 Å². The fourth-order valence-electron chi connectivity index (χ4n) is 2.30. The predicted octanol–water partition coefficient (Wildman–Crippen LogP) is 5.73. The van der Waals surface area contributed by atoms with Gasteiger partial charge >= 0.3 is 0 Å². The van der Waals surface area contributed by atoms with Crippen LogP contribution in [0.2, 0.25) is 10.0 Å². The van der Waals surface area contributed by atoms with Gasteiger partial charge < -0.3 is 14.5 Å². The summed E-state index contributed by atoms with van der Waals surface area (Å²) in [7, 11) is 0. The minimum absolute atomic E-state index is 0.233. The summed E-state index contributed by atoms with van der Waals surface area (Å²) in [6, 6.07) is 14.0. The third-order valence-corrected chi connectivity index (χ3v) is 4.31. The van der Waals surface area contributed by atoms with E-state index in [1.807, 2.05) is 12.1 Å². The number of hydrogen-bond donors (Lipinski definition) is 1. The summed E-state index contributed by atoms with van der Waals surface area (Å²) in [5.74, 6) is 0.893. The molecular formula is C19H15Cl2NO3. The molecule has 1 aromatic heterocycles. The zero-order valence-electron chi connectivity index (χ0n) is 13.4. The lowest BCUT2D eigenvalue weighted by Crippen LogP contribution is -2.12. The Morgan fingerprint density at radius 1 is 1.12 bits per heavy atom. The van der Waals surface area contributed by atoms with Crippen LogP contribution in [0.25, 0.3) is 0 Å². The highest BCUT2D eigenvalue weighted by atomic mass is 35.5. The molecular weight excluding hydrogens is 361 g/mol. The number of halogens is 2. The van der Waals surface area contributed by atoms with Crippen LogP contribution in [0.1, 0.15) is 21.7 Å². The van der Waals surface area contributed by atoms with E-state index in [1.54, 1.807) is 43.3 Å². The van der Waals surface area contributed by atoms with Crippen LogP contribution in [-0.4, -0.2) is 5.91 Å². The summed E-state index contributed by atoms with van der Waals surface area (Å²) in [5, 5.41) is 3.90. The highest BCUT2D eigenvalue weighted by Crippen LogP contribution is 2.27. The second kappa shape index (κ2) is 7.64. The molecule has 3 rings (SSSR count). The maximum atomic E-state index is 12.3. The fourth-order valence-corrected chi connectivity index (χ4v) is 2.66. The van der Waals surface area contributed by atoms with Gasteiger partial charge in [-0.2, -0.15) is 0 Å². The van der Waals surface area contributed by atoms with Crippen LogP contribution in [0.15, 0.2) is 59.2 Å². The largest absolute Gasteiger partial charge is 0.487 e. The summed E-state index contributed by atoms with van der Waals surface area (Å²) in [6.45, 7) is 1.97. The Morgan fingerprint density at radius 2 is 1.92 bits per heavy atom. The average Bonchev–Trinajstić information content (AvgIpc) is 3.03. The summed E-state index contributed by atoms with van der Waals surface area (Å²) in [5.41, 5.74) is 1.85. The van der Waals surface area contributed by atoms with Gasteiger partial charge in [0.05, 0.1) is 16.8 Å². The van der Waals surface area contributed by atoms with Gasteiger partial charge in [-0.05, 0) is 43.3 Å². The average molecular weight is 376 g/mol. The van der Waals surface area contributed by atoms with Gasteiger partial charge in [-0.25, -0.2) is 0 Å². The van der Waals surface area contributed by atoms with Gasteiger partial charge in [0.2, 0.25) is 0 Å². The van der Waals surface area contributed by atoms with E-state index in [4.69, 9.17) is 32.4 Å². The number of aryl methyl sites for hydroxylation is 1. The van der Waals surface area contributed by atoms with Gasteiger partial charge in [0.15, 0.2) is 0 Å². The van der Waals surface area contributed by atoms with Crippen molar-refractivity contribution in [1.29, 1.82) is 0 Å². The molecule has 0 bridgehead atoms. The van der Waals surface area contributed by atoms with Crippen LogP contribution in [-0.2, 0) is 6.61 Å². The number of furan rings is 1. The molecule has 4 nitrogen and oxygen atoms in total. The Kier molecular flexibility index (Phi) is 5.31. The van der Waals surface area contributed by atoms with Crippen LogP contribution in [0.3, 0.4) is 0 Å². The standard InChI is InChI=1S/C19H15Cl2NO3/c1-12-15(8-9-24-12)19(23)22-14-6-7-16(20)13(10-14)11-25-18-5-3-2-4-17(18)21/h2-10H,11H2,1H3,(H,22,23). The highest BCUT2D eigenvalue weighted by Gasteiger charge is 2.13. The lowest BCUT2D eigenvalue weighted by Gasteiger charge is -2.11. The number of para-hydroxylation sites is 1. The molecule has 0 saturated carbocycles. The first-order valence-corrected chi connectivity index (χ1v) is 8.31. The molecule has 0 aliphatic heterocycles. The Hall–Kier alpha value is -2.43. The third kappa shape index (κ3) is 4.16. The van der Waals surface area contributed by atoms with E-state index in [9.17, 15) is 4.79 Å². The first kappa shape index (κ1) is 17.4. The van der Waals surface area contributed by atoms with Crippen molar-refractivity contribution < 1.29 is 13.9 Å². The van der Waals surface area contributed by atoms with Crippen LogP contribution in [0, 0.1) is 6.92 Å². The molecule has 0 aliphatic carbocycles. The molecule has 0 aliphatic rings. The van der Waals surface area contributed by atoms with Gasteiger partial charge in [-0.1, -0.05) is 35.3 Å². The molecule has 128 valence electrons. The maximum absolute atomic E-state index is 12.3. The molecule has 1 amide bonds. The third-order valence-electron chi connectivity index (χ3n) is 3.63. The van der Waals surface area contributed by atoms with E-state index >= 15 is 0 Å². The van der Waals surface area contributed by atoms with E-state index in [1.165, 1.54) is 6.26 Å². The van der Waals surface area contributed by atoms with Crippen molar-refractivity contribution in [3.8, 4) is 5.75 Å². The van der Waals surface area contributed by atoms with Crippen LogP contribution < -0.4 is 10.1 Å². The van der Waals surface area contributed by atoms with Crippen molar-refractivity contribution in [2.45, 2.75) is 13.5 Å². The lowest BCUT2D eigenvalue weighted by atomic mass is 10.2. The predicted molar refractivity (Wildman–Crippen MR) is 98.6 cm³/mol. The van der Waals surface area contributed by atoms with Gasteiger partial charge in [0.1, 0.15) is 18.1 Å². The van der Waals surface area contributed by atoms with Crippen LogP contribution >= 0.6 is 23.2 Å². The monoisotopic (exact) mass is 375 g/mol. The number of nitrogens with one attached hydrogen (secondary N) is 1. The molecule has 1 heterocycles. The number of ether oxygens (including phenoxy) is 1. The number of anilines is 1. The second-order valence-electron chi connectivity index (χ2n) is 5.37. The molecule has 25 heavy (non-hydrogen) atoms. The number of carbonyl (C=O) groups is 1. The minimum atomic E-state index is -0.244. The van der Waals surface area contributed by atoms with E-state index in [-0.39, 0.29) is 12.5 Å². The maximum Gasteiger partial charge on any atom is 0.259 e. The van der Waals surface area contributed by atoms with Gasteiger partial charge in [-0.15, -0.1) is 0 Å². The second-order valence-corrected chi connectivity index (χ2v) is 6.18. The van der Waals surface area contributed by atoms with Crippen molar-refractivity contribution >= 4 is 34.8 Å². The summed E-state index contributed by atoms with van der Waals surface area (Å²) < 4.78 is 10.9. The van der Waals surface area contributed by atoms with Crippen molar-refractivity contribution in [2.24, 2.45) is 0 Å². The van der Waals surface area contributed by atoms with Gasteiger partial charge in [-0.3, -0.25) is 4.79 Å². The quantitative estimate of drug-likeness (QED) is 0.619. The van der Waals surface area contributed by atoms with Crippen LogP contribution in [0.4, 0.5) is 5.69 Å². The zero-order valence-corrected chi connectivity index (χ0v) is 14.9. The number of hydrogen-bond acceptors (Lipinski definition) is 3. The Morgan fingerprint density at radius 3 is 2.64 bits per heavy atom. The molecule has 0 unspecified atom stereocenters. The summed E-state index contributed by atoms with van der Waals surface area (Å²) in [6.07, 6.45) is 1.48. The number of amides is 1. The molecule has 0 atom stereocenters. The molecule has 0 fully saturated rings. The number of carbonyl (C=O) groups excluding carboxylic acids is 1. The smallest absolute Gasteiger partial charge is 0.259 e. The van der Waals surface area contributed by atoms with E-state index in [2.05, 4.69) is 5.32 Å². The topological polar surface area (TPSA) is 51.5 Å². The van der Waals surface area contributed by atoms with Crippen molar-refractivity contribution in [3.63, 3.8) is 0 Å². The van der Waals surface area contributed by atoms with E-state index < -0.39 is 0 Å². The van der Waals surface area contributed by atoms with E-state index in [0.29, 0.717) is 32.8 Å². The van der Waals surface area contributed by atoms with Crippen molar-refractivity contribution in [1.82, 2.24) is 0 Å².